The minimum Gasteiger partial charge on any atom is -0.505 e. The van der Waals surface area contributed by atoms with Crippen molar-refractivity contribution >= 4 is 34.0 Å². The fourth-order valence-corrected chi connectivity index (χ4v) is 5.34. The van der Waals surface area contributed by atoms with Crippen LogP contribution in [0.3, 0.4) is 0 Å². The van der Waals surface area contributed by atoms with Gasteiger partial charge in [-0.2, -0.15) is 0 Å². The summed E-state index contributed by atoms with van der Waals surface area (Å²) in [6.45, 7) is 2.61. The van der Waals surface area contributed by atoms with E-state index in [4.69, 9.17) is 10.5 Å². The molecular formula is C23H37ClN2O3S. The number of aryl methyl sites for hydroxylation is 1. The fraction of sp³-hybridized carbons (Fsp3) is 0.696. The van der Waals surface area contributed by atoms with Gasteiger partial charge in [-0.15, -0.1) is 12.4 Å². The maximum atomic E-state index is 12.1. The number of thiazole rings is 1. The molecule has 3 rings (SSSR count). The van der Waals surface area contributed by atoms with Crippen LogP contribution in [0.2, 0.25) is 0 Å². The zero-order chi connectivity index (χ0) is 20.5. The van der Waals surface area contributed by atoms with Gasteiger partial charge in [0.15, 0.2) is 0 Å². The summed E-state index contributed by atoms with van der Waals surface area (Å²) in [4.78, 5) is 12.0. The van der Waals surface area contributed by atoms with Gasteiger partial charge in [-0.3, -0.25) is 9.36 Å². The molecule has 1 aliphatic carbocycles. The first-order chi connectivity index (χ1) is 14.2. The van der Waals surface area contributed by atoms with Crippen molar-refractivity contribution in [3.05, 3.63) is 27.4 Å². The fourth-order valence-electron chi connectivity index (χ4n) is 4.42. The lowest BCUT2D eigenvalue weighted by Gasteiger charge is -2.21. The summed E-state index contributed by atoms with van der Waals surface area (Å²) in [5.41, 5.74) is 7.18. The molecule has 30 heavy (non-hydrogen) atoms. The van der Waals surface area contributed by atoms with Gasteiger partial charge in [0.05, 0.1) is 4.70 Å². The van der Waals surface area contributed by atoms with Gasteiger partial charge in [-0.1, -0.05) is 62.3 Å². The van der Waals surface area contributed by atoms with Gasteiger partial charge >= 0.3 is 4.87 Å². The Bertz CT molecular complexity index is 815. The number of nitrogens with zero attached hydrogens (tertiary/aromatic N) is 1. The van der Waals surface area contributed by atoms with Gasteiger partial charge in [0, 0.05) is 26.3 Å². The SMILES string of the molecule is Cl.NCCn1c(=O)sc2ccc(CCCCCCOCCC3CCCCC3)c(O)c21. The van der Waals surface area contributed by atoms with Crippen molar-refractivity contribution in [2.75, 3.05) is 19.8 Å². The van der Waals surface area contributed by atoms with Crippen molar-refractivity contribution in [2.45, 2.75) is 77.2 Å². The molecule has 1 fully saturated rings. The molecule has 1 aliphatic rings. The van der Waals surface area contributed by atoms with E-state index in [-0.39, 0.29) is 23.0 Å². The summed E-state index contributed by atoms with van der Waals surface area (Å²) in [5, 5.41) is 10.7. The molecule has 0 radical (unpaired) electrons. The first kappa shape index (κ1) is 25.2. The summed E-state index contributed by atoms with van der Waals surface area (Å²) in [7, 11) is 0. The Morgan fingerprint density at radius 2 is 1.87 bits per heavy atom. The Balaban J connectivity index is 0.00000320. The maximum Gasteiger partial charge on any atom is 0.308 e. The number of aromatic nitrogens is 1. The maximum absolute atomic E-state index is 12.1. The lowest BCUT2D eigenvalue weighted by atomic mass is 9.87. The minimum atomic E-state index is -0.0543. The third-order valence-corrected chi connectivity index (χ3v) is 7.06. The molecule has 0 aliphatic heterocycles. The van der Waals surface area contributed by atoms with E-state index in [1.54, 1.807) is 4.57 Å². The second kappa shape index (κ2) is 13.4. The number of ether oxygens (including phenoxy) is 1. The zero-order valence-electron chi connectivity index (χ0n) is 17.9. The topological polar surface area (TPSA) is 77.5 Å². The number of halogens is 1. The van der Waals surface area contributed by atoms with Crippen molar-refractivity contribution < 1.29 is 9.84 Å². The van der Waals surface area contributed by atoms with E-state index in [2.05, 4.69) is 0 Å². The summed E-state index contributed by atoms with van der Waals surface area (Å²) in [6.07, 6.45) is 13.5. The Morgan fingerprint density at radius 1 is 1.10 bits per heavy atom. The van der Waals surface area contributed by atoms with Crippen molar-refractivity contribution in [1.82, 2.24) is 4.57 Å². The van der Waals surface area contributed by atoms with Crippen LogP contribution in [-0.2, 0) is 17.7 Å². The monoisotopic (exact) mass is 456 g/mol. The predicted molar refractivity (Wildman–Crippen MR) is 128 cm³/mol. The van der Waals surface area contributed by atoms with E-state index in [1.165, 1.54) is 49.9 Å². The Kier molecular flexibility index (Phi) is 11.2. The number of unbranched alkanes of at least 4 members (excludes halogenated alkanes) is 3. The molecule has 2 aromatic rings. The van der Waals surface area contributed by atoms with E-state index in [0.717, 1.165) is 61.5 Å². The largest absolute Gasteiger partial charge is 0.505 e. The predicted octanol–water partition coefficient (Wildman–Crippen LogP) is 5.24. The van der Waals surface area contributed by atoms with E-state index in [1.807, 2.05) is 12.1 Å². The van der Waals surface area contributed by atoms with Gasteiger partial charge in [0.1, 0.15) is 11.3 Å². The standard InChI is InChI=1S/C23H36N2O3S.ClH/c24-14-15-25-21-20(29-23(25)27)12-11-19(22(21)26)10-6-1-2-7-16-28-17-13-18-8-4-3-5-9-18;/h11-12,18,26H,1-10,13-17,24H2;1H. The molecule has 1 aromatic carbocycles. The normalized spacial score (nSPS) is 14.8. The van der Waals surface area contributed by atoms with Gasteiger partial charge < -0.3 is 15.6 Å². The molecule has 1 aromatic heterocycles. The van der Waals surface area contributed by atoms with Crippen LogP contribution in [0.5, 0.6) is 5.75 Å². The third kappa shape index (κ3) is 6.98. The highest BCUT2D eigenvalue weighted by atomic mass is 35.5. The molecule has 1 heterocycles. The number of hydrogen-bond donors (Lipinski definition) is 2. The summed E-state index contributed by atoms with van der Waals surface area (Å²) in [6, 6.07) is 3.90. The minimum absolute atomic E-state index is 0. The molecule has 5 nitrogen and oxygen atoms in total. The van der Waals surface area contributed by atoms with Gasteiger partial charge in [-0.25, -0.2) is 0 Å². The van der Waals surface area contributed by atoms with Crippen LogP contribution in [0.4, 0.5) is 0 Å². The van der Waals surface area contributed by atoms with Crippen LogP contribution in [0.25, 0.3) is 10.2 Å². The number of nitrogens with two attached hydrogens (primary N) is 1. The number of rotatable bonds is 12. The molecule has 0 amide bonds. The smallest absolute Gasteiger partial charge is 0.308 e. The Hall–Kier alpha value is -1.08. The van der Waals surface area contributed by atoms with Crippen molar-refractivity contribution in [1.29, 1.82) is 0 Å². The number of phenolic OH excluding ortho intramolecular Hbond substituents is 1. The molecule has 0 saturated heterocycles. The van der Waals surface area contributed by atoms with Crippen LogP contribution in [0.15, 0.2) is 16.9 Å². The quantitative estimate of drug-likeness (QED) is 0.428. The zero-order valence-corrected chi connectivity index (χ0v) is 19.6. The van der Waals surface area contributed by atoms with Crippen LogP contribution < -0.4 is 10.6 Å². The van der Waals surface area contributed by atoms with E-state index >= 15 is 0 Å². The third-order valence-electron chi connectivity index (χ3n) is 6.12. The lowest BCUT2D eigenvalue weighted by Crippen LogP contribution is -2.18. The average molecular weight is 457 g/mol. The Morgan fingerprint density at radius 3 is 2.63 bits per heavy atom. The summed E-state index contributed by atoms with van der Waals surface area (Å²) >= 11 is 1.17. The molecule has 7 heteroatoms. The molecule has 0 bridgehead atoms. The van der Waals surface area contributed by atoms with Gasteiger partial charge in [-0.05, 0) is 43.2 Å². The second-order valence-electron chi connectivity index (χ2n) is 8.30. The summed E-state index contributed by atoms with van der Waals surface area (Å²) in [5.74, 6) is 1.15. The van der Waals surface area contributed by atoms with Crippen LogP contribution in [0.1, 0.15) is 69.8 Å². The highest BCUT2D eigenvalue weighted by molar-refractivity contribution is 7.16. The van der Waals surface area contributed by atoms with E-state index in [9.17, 15) is 9.90 Å². The molecule has 3 N–H and O–H groups in total. The molecule has 170 valence electrons. The van der Waals surface area contributed by atoms with E-state index in [0.29, 0.717) is 18.6 Å². The highest BCUT2D eigenvalue weighted by Gasteiger charge is 2.14. The second-order valence-corrected chi connectivity index (χ2v) is 9.29. The van der Waals surface area contributed by atoms with Crippen molar-refractivity contribution in [2.24, 2.45) is 11.7 Å². The first-order valence-corrected chi connectivity index (χ1v) is 12.1. The lowest BCUT2D eigenvalue weighted by molar-refractivity contribution is 0.110. The number of fused-ring (bicyclic) bond motifs is 1. The number of hydrogen-bond acceptors (Lipinski definition) is 5. The van der Waals surface area contributed by atoms with Crippen LogP contribution in [-0.4, -0.2) is 29.4 Å². The van der Waals surface area contributed by atoms with Crippen LogP contribution in [0, 0.1) is 5.92 Å². The molecule has 0 unspecified atom stereocenters. The molecule has 0 spiro atoms. The Labute approximate surface area is 190 Å². The number of phenols is 1. The molecule has 0 atom stereocenters. The van der Waals surface area contributed by atoms with Gasteiger partial charge in [0.25, 0.3) is 0 Å². The van der Waals surface area contributed by atoms with Crippen molar-refractivity contribution in [3.63, 3.8) is 0 Å². The molecule has 1 saturated carbocycles. The van der Waals surface area contributed by atoms with Crippen molar-refractivity contribution in [3.8, 4) is 5.75 Å². The van der Waals surface area contributed by atoms with E-state index < -0.39 is 0 Å². The first-order valence-electron chi connectivity index (χ1n) is 11.3. The highest BCUT2D eigenvalue weighted by Crippen LogP contribution is 2.31. The average Bonchev–Trinajstić information content (AvgIpc) is 3.05. The molecular weight excluding hydrogens is 420 g/mol. The van der Waals surface area contributed by atoms with Gasteiger partial charge in [0.2, 0.25) is 0 Å². The number of benzene rings is 1. The number of aromatic hydroxyl groups is 1. The summed E-state index contributed by atoms with van der Waals surface area (Å²) < 4.78 is 8.26. The van der Waals surface area contributed by atoms with Crippen LogP contribution >= 0.6 is 23.7 Å².